The first kappa shape index (κ1) is 16.0. The van der Waals surface area contributed by atoms with Crippen LogP contribution in [0, 0.1) is 6.92 Å². The molecule has 0 saturated carbocycles. The van der Waals surface area contributed by atoms with E-state index in [0.29, 0.717) is 10.9 Å². The molecule has 116 valence electrons. The maximum atomic E-state index is 12.9. The van der Waals surface area contributed by atoms with Gasteiger partial charge in [-0.2, -0.15) is 13.2 Å². The van der Waals surface area contributed by atoms with Gasteiger partial charge in [-0.05, 0) is 32.0 Å². The fourth-order valence-electron chi connectivity index (χ4n) is 2.15. The Labute approximate surface area is 126 Å². The molecule has 2 heterocycles. The Kier molecular flexibility index (Phi) is 5.05. The highest BCUT2D eigenvalue weighted by Gasteiger charge is 2.29. The highest BCUT2D eigenvalue weighted by Crippen LogP contribution is 2.30. The van der Waals surface area contributed by atoms with Crippen LogP contribution in [-0.4, -0.2) is 30.7 Å². The smallest absolute Gasteiger partial charge is 0.345 e. The molecule has 0 amide bonds. The van der Waals surface area contributed by atoms with Gasteiger partial charge in [0.25, 0.3) is 0 Å². The van der Waals surface area contributed by atoms with Gasteiger partial charge in [-0.1, -0.05) is 0 Å². The number of halogens is 3. The van der Waals surface area contributed by atoms with Crippen LogP contribution >= 0.6 is 11.3 Å². The van der Waals surface area contributed by atoms with Gasteiger partial charge in [0, 0.05) is 36.8 Å². The molecule has 0 aliphatic carbocycles. The van der Waals surface area contributed by atoms with Crippen molar-refractivity contribution < 1.29 is 13.2 Å². The number of hydrogen-bond donors (Lipinski definition) is 1. The van der Waals surface area contributed by atoms with Crippen molar-refractivity contribution in [2.45, 2.75) is 26.1 Å². The molecule has 1 N–H and O–H groups in total. The summed E-state index contributed by atoms with van der Waals surface area (Å²) in [6.45, 7) is 6.20. The molecular weight excluding hydrogens is 299 g/mol. The highest BCUT2D eigenvalue weighted by atomic mass is 32.1. The lowest BCUT2D eigenvalue weighted by atomic mass is 10.2. The second-order valence-corrected chi connectivity index (χ2v) is 6.24. The van der Waals surface area contributed by atoms with Gasteiger partial charge in [0.15, 0.2) is 5.13 Å². The maximum Gasteiger partial charge on any atom is 0.416 e. The van der Waals surface area contributed by atoms with Gasteiger partial charge < -0.3 is 10.2 Å². The van der Waals surface area contributed by atoms with E-state index in [9.17, 15) is 13.2 Å². The van der Waals surface area contributed by atoms with Crippen molar-refractivity contribution in [3.8, 4) is 0 Å². The van der Waals surface area contributed by atoms with E-state index in [4.69, 9.17) is 0 Å². The number of aryl methyl sites for hydroxylation is 1. The lowest BCUT2D eigenvalue weighted by molar-refractivity contribution is -0.137. The summed E-state index contributed by atoms with van der Waals surface area (Å²) in [5.74, 6) is 0. The Bertz CT molecular complexity index is 541. The van der Waals surface area contributed by atoms with Crippen LogP contribution in [0.15, 0.2) is 24.4 Å². The number of alkyl halides is 3. The molecule has 0 radical (unpaired) electrons. The highest BCUT2D eigenvalue weighted by molar-refractivity contribution is 7.15. The third-order valence-corrected chi connectivity index (χ3v) is 4.11. The summed E-state index contributed by atoms with van der Waals surface area (Å²) in [5.41, 5.74) is -0.658. The molecule has 1 aliphatic heterocycles. The monoisotopic (exact) mass is 317 g/mol. The van der Waals surface area contributed by atoms with E-state index >= 15 is 0 Å². The molecule has 1 aromatic heterocycles. The van der Waals surface area contributed by atoms with Gasteiger partial charge >= 0.3 is 6.18 Å². The molecule has 1 aliphatic rings. The van der Waals surface area contributed by atoms with E-state index in [2.05, 4.69) is 22.1 Å². The second kappa shape index (κ2) is 6.62. The Morgan fingerprint density at radius 1 is 1.43 bits per heavy atom. The first-order valence-corrected chi connectivity index (χ1v) is 7.54. The van der Waals surface area contributed by atoms with E-state index in [-0.39, 0.29) is 0 Å². The van der Waals surface area contributed by atoms with Crippen molar-refractivity contribution in [2.75, 3.05) is 24.5 Å². The van der Waals surface area contributed by atoms with Crippen LogP contribution < -0.4 is 10.2 Å². The van der Waals surface area contributed by atoms with Crippen LogP contribution in [0.3, 0.4) is 0 Å². The normalized spacial score (nSPS) is 19.3. The van der Waals surface area contributed by atoms with E-state index in [0.717, 1.165) is 30.8 Å². The zero-order valence-corrected chi connectivity index (χ0v) is 12.8. The summed E-state index contributed by atoms with van der Waals surface area (Å²) in [4.78, 5) is 6.99. The number of anilines is 1. The molecule has 0 aromatic carbocycles. The SMILES string of the molecule is Cc1cc(C(F)(F)F)cccnc(N2CCN[C@@H](C)C2)s1. The molecule has 21 heavy (non-hydrogen) atoms. The van der Waals surface area contributed by atoms with Crippen molar-refractivity contribution in [3.05, 3.63) is 34.8 Å². The molecule has 1 saturated heterocycles. The molecular formula is C14H18F3N3S. The maximum absolute atomic E-state index is 12.9. The molecule has 1 aromatic rings. The van der Waals surface area contributed by atoms with Gasteiger partial charge in [0.2, 0.25) is 0 Å². The Morgan fingerprint density at radius 2 is 2.19 bits per heavy atom. The molecule has 1 fully saturated rings. The molecule has 2 rings (SSSR count). The topological polar surface area (TPSA) is 28.2 Å². The lowest BCUT2D eigenvalue weighted by Crippen LogP contribution is -2.49. The first-order chi connectivity index (χ1) is 9.86. The average Bonchev–Trinajstić information content (AvgIpc) is 2.48. The summed E-state index contributed by atoms with van der Waals surface area (Å²) >= 11 is 1.28. The van der Waals surface area contributed by atoms with Gasteiger partial charge in [0.05, 0.1) is 5.56 Å². The van der Waals surface area contributed by atoms with Gasteiger partial charge in [-0.15, -0.1) is 11.3 Å². The van der Waals surface area contributed by atoms with Crippen LogP contribution in [0.2, 0.25) is 0 Å². The van der Waals surface area contributed by atoms with Gasteiger partial charge in [-0.3, -0.25) is 0 Å². The van der Waals surface area contributed by atoms with Crippen molar-refractivity contribution in [3.63, 3.8) is 0 Å². The predicted molar refractivity (Wildman–Crippen MR) is 79.2 cm³/mol. The quantitative estimate of drug-likeness (QED) is 0.860. The van der Waals surface area contributed by atoms with Crippen LogP contribution in [0.5, 0.6) is 0 Å². The Hall–Kier alpha value is -1.34. The number of piperazine rings is 1. The first-order valence-electron chi connectivity index (χ1n) is 6.72. The molecule has 3 nitrogen and oxygen atoms in total. The summed E-state index contributed by atoms with van der Waals surface area (Å²) in [6.07, 6.45) is -2.92. The number of nitrogens with one attached hydrogen (secondary N) is 1. The Balaban J connectivity index is 2.41. The third-order valence-electron chi connectivity index (χ3n) is 3.12. The molecule has 7 heteroatoms. The zero-order chi connectivity index (χ0) is 15.5. The second-order valence-electron chi connectivity index (χ2n) is 5.03. The average molecular weight is 317 g/mol. The molecule has 0 unspecified atom stereocenters. The number of rotatable bonds is 1. The fraction of sp³-hybridized carbons (Fsp3) is 0.500. The lowest BCUT2D eigenvalue weighted by Gasteiger charge is -2.31. The van der Waals surface area contributed by atoms with E-state index in [1.54, 1.807) is 6.92 Å². The van der Waals surface area contributed by atoms with Crippen molar-refractivity contribution in [1.29, 1.82) is 0 Å². The fourth-order valence-corrected chi connectivity index (χ4v) is 3.03. The van der Waals surface area contributed by atoms with Crippen LogP contribution in [0.4, 0.5) is 18.3 Å². The minimum absolute atomic E-state index is 0.340. The summed E-state index contributed by atoms with van der Waals surface area (Å²) < 4.78 is 38.6. The van der Waals surface area contributed by atoms with Crippen molar-refractivity contribution in [2.24, 2.45) is 0 Å². The Morgan fingerprint density at radius 3 is 2.86 bits per heavy atom. The van der Waals surface area contributed by atoms with Crippen LogP contribution in [0.25, 0.3) is 0 Å². The van der Waals surface area contributed by atoms with E-state index < -0.39 is 11.7 Å². The minimum Gasteiger partial charge on any atom is -0.345 e. The van der Waals surface area contributed by atoms with Gasteiger partial charge in [0.1, 0.15) is 0 Å². The minimum atomic E-state index is -4.35. The standard InChI is InChI=1S/C14H18F3N3S/c1-10-9-20(7-6-18-10)13-19-5-3-4-12(14(15,16)17)8-11(2)21-13/h3-5,8,10,18H,6-7,9H2,1-2H3/t10-/m0/s1. The van der Waals surface area contributed by atoms with Crippen LogP contribution in [0.1, 0.15) is 17.4 Å². The van der Waals surface area contributed by atoms with Gasteiger partial charge in [-0.25, -0.2) is 4.98 Å². The van der Waals surface area contributed by atoms with Crippen molar-refractivity contribution in [1.82, 2.24) is 10.3 Å². The largest absolute Gasteiger partial charge is 0.416 e. The zero-order valence-electron chi connectivity index (χ0n) is 11.9. The molecule has 0 bridgehead atoms. The predicted octanol–water partition coefficient (Wildman–Crippen LogP) is 3.39. The third kappa shape index (κ3) is 4.57. The van der Waals surface area contributed by atoms with Crippen LogP contribution in [-0.2, 0) is 6.18 Å². The number of nitrogens with zero attached hydrogens (tertiary/aromatic N) is 2. The summed E-state index contributed by atoms with van der Waals surface area (Å²) in [7, 11) is 0. The summed E-state index contributed by atoms with van der Waals surface area (Å²) in [6, 6.07) is 3.90. The molecule has 0 spiro atoms. The number of hydrogen-bond acceptors (Lipinski definition) is 4. The van der Waals surface area contributed by atoms with E-state index in [1.165, 1.54) is 29.7 Å². The summed E-state index contributed by atoms with van der Waals surface area (Å²) in [5, 5.41) is 4.07. The molecule has 1 atom stereocenters. The van der Waals surface area contributed by atoms with E-state index in [1.807, 2.05) is 0 Å². The van der Waals surface area contributed by atoms with Crippen molar-refractivity contribution >= 4 is 16.5 Å². The number of aromatic nitrogens is 1.